The molecule has 0 fully saturated rings. The van der Waals surface area contributed by atoms with Crippen LogP contribution in [0, 0.1) is 0 Å². The number of unbranched alkanes of at least 4 members (excludes halogenated alkanes) is 5. The van der Waals surface area contributed by atoms with Crippen LogP contribution >= 0.6 is 11.6 Å². The summed E-state index contributed by atoms with van der Waals surface area (Å²) in [6.07, 6.45) is 10.8. The number of rotatable bonds is 8. The number of halogens is 1. The Bertz CT molecular complexity index is 277. The zero-order chi connectivity index (χ0) is 11.6. The highest BCUT2D eigenvalue weighted by atomic mass is 35.5. The molecule has 0 atom stereocenters. The fourth-order valence-corrected chi connectivity index (χ4v) is 1.54. The minimum atomic E-state index is 0.256. The third kappa shape index (κ3) is 5.91. The Kier molecular flexibility index (Phi) is 6.90. The van der Waals surface area contributed by atoms with E-state index in [0.29, 0.717) is 5.75 Å². The first kappa shape index (κ1) is 13.2. The maximum absolute atomic E-state index is 5.57. The molecule has 1 aromatic heterocycles. The second-order valence-electron chi connectivity index (χ2n) is 3.80. The van der Waals surface area contributed by atoms with Gasteiger partial charge >= 0.3 is 0 Å². The zero-order valence-electron chi connectivity index (χ0n) is 9.79. The summed E-state index contributed by atoms with van der Waals surface area (Å²) in [6.45, 7) is 2.96. The summed E-state index contributed by atoms with van der Waals surface area (Å²) in [5.41, 5.74) is 0. The largest absolute Gasteiger partial charge is 0.490 e. The molecule has 0 radical (unpaired) electrons. The van der Waals surface area contributed by atoms with Crippen molar-refractivity contribution < 1.29 is 4.74 Å². The Morgan fingerprint density at radius 2 is 1.69 bits per heavy atom. The molecule has 0 amide bonds. The van der Waals surface area contributed by atoms with Gasteiger partial charge in [-0.05, 0) is 18.0 Å². The normalized spacial score (nSPS) is 10.4. The third-order valence-electron chi connectivity index (χ3n) is 2.36. The number of ether oxygens (including phenoxy) is 1. The fourth-order valence-electron chi connectivity index (χ4n) is 1.45. The molecule has 3 nitrogen and oxygen atoms in total. The molecule has 1 rings (SSSR count). The van der Waals surface area contributed by atoms with Crippen LogP contribution in [-0.4, -0.2) is 16.6 Å². The van der Waals surface area contributed by atoms with Gasteiger partial charge in [-0.15, -0.1) is 0 Å². The summed E-state index contributed by atoms with van der Waals surface area (Å²) in [5, 5.41) is 0.256. The van der Waals surface area contributed by atoms with Gasteiger partial charge in [0.15, 0.2) is 5.75 Å². The molecule has 0 aliphatic carbocycles. The van der Waals surface area contributed by atoms with Gasteiger partial charge in [0.1, 0.15) is 0 Å². The average Bonchev–Trinajstić information content (AvgIpc) is 2.30. The molecule has 16 heavy (non-hydrogen) atoms. The van der Waals surface area contributed by atoms with Gasteiger partial charge < -0.3 is 4.74 Å². The lowest BCUT2D eigenvalue weighted by atomic mass is 10.1. The Balaban J connectivity index is 2.01. The Morgan fingerprint density at radius 1 is 1.06 bits per heavy atom. The average molecular weight is 243 g/mol. The number of nitrogens with zero attached hydrogens (tertiary/aromatic N) is 2. The van der Waals surface area contributed by atoms with Crippen LogP contribution in [0.4, 0.5) is 0 Å². The molecule has 0 saturated heterocycles. The topological polar surface area (TPSA) is 35.0 Å². The molecule has 4 heteroatoms. The second kappa shape index (κ2) is 8.34. The Labute approximate surface area is 102 Å². The number of aromatic nitrogens is 2. The van der Waals surface area contributed by atoms with Crippen LogP contribution in [0.15, 0.2) is 12.4 Å². The lowest BCUT2D eigenvalue weighted by molar-refractivity contribution is 0.302. The van der Waals surface area contributed by atoms with Crippen molar-refractivity contribution >= 4 is 11.6 Å². The molecule has 90 valence electrons. The third-order valence-corrected chi connectivity index (χ3v) is 2.56. The van der Waals surface area contributed by atoms with Crippen molar-refractivity contribution in [3.8, 4) is 5.75 Å². The molecule has 0 saturated carbocycles. The van der Waals surface area contributed by atoms with Crippen molar-refractivity contribution in [2.24, 2.45) is 0 Å². The smallest absolute Gasteiger partial charge is 0.222 e. The van der Waals surface area contributed by atoms with Gasteiger partial charge in [-0.1, -0.05) is 39.0 Å². The van der Waals surface area contributed by atoms with Crippen molar-refractivity contribution in [2.75, 3.05) is 6.61 Å². The first-order valence-electron chi connectivity index (χ1n) is 5.93. The SMILES string of the molecule is CCCCCCCCOc1cnc(Cl)nc1. The second-order valence-corrected chi connectivity index (χ2v) is 4.14. The van der Waals surface area contributed by atoms with Gasteiger partial charge in [0.2, 0.25) is 5.28 Å². The van der Waals surface area contributed by atoms with Crippen LogP contribution in [0.3, 0.4) is 0 Å². The van der Waals surface area contributed by atoms with Gasteiger partial charge in [0.05, 0.1) is 19.0 Å². The number of hydrogen-bond donors (Lipinski definition) is 0. The van der Waals surface area contributed by atoms with Gasteiger partial charge in [0, 0.05) is 0 Å². The van der Waals surface area contributed by atoms with Crippen LogP contribution < -0.4 is 4.74 Å². The molecule has 0 unspecified atom stereocenters. The van der Waals surface area contributed by atoms with E-state index in [1.807, 2.05) is 0 Å². The van der Waals surface area contributed by atoms with E-state index in [1.165, 1.54) is 32.1 Å². The summed E-state index contributed by atoms with van der Waals surface area (Å²) < 4.78 is 5.48. The van der Waals surface area contributed by atoms with E-state index in [2.05, 4.69) is 16.9 Å². The maximum atomic E-state index is 5.57. The van der Waals surface area contributed by atoms with E-state index in [0.717, 1.165) is 13.0 Å². The Morgan fingerprint density at radius 3 is 2.38 bits per heavy atom. The van der Waals surface area contributed by atoms with Gasteiger partial charge in [-0.3, -0.25) is 0 Å². The molecule has 0 N–H and O–H groups in total. The van der Waals surface area contributed by atoms with Gasteiger partial charge in [0.25, 0.3) is 0 Å². The maximum Gasteiger partial charge on any atom is 0.222 e. The lowest BCUT2D eigenvalue weighted by Crippen LogP contribution is -1.98. The summed E-state index contributed by atoms with van der Waals surface area (Å²) >= 11 is 5.57. The van der Waals surface area contributed by atoms with E-state index in [1.54, 1.807) is 12.4 Å². The fraction of sp³-hybridized carbons (Fsp3) is 0.667. The molecular formula is C12H19ClN2O. The van der Waals surface area contributed by atoms with Crippen LogP contribution in [0.1, 0.15) is 45.4 Å². The first-order chi connectivity index (χ1) is 7.83. The summed E-state index contributed by atoms with van der Waals surface area (Å²) in [6, 6.07) is 0. The van der Waals surface area contributed by atoms with Gasteiger partial charge in [-0.25, -0.2) is 9.97 Å². The minimum Gasteiger partial charge on any atom is -0.490 e. The zero-order valence-corrected chi connectivity index (χ0v) is 10.5. The van der Waals surface area contributed by atoms with Crippen molar-refractivity contribution in [3.05, 3.63) is 17.7 Å². The molecule has 1 aromatic rings. The highest BCUT2D eigenvalue weighted by molar-refractivity contribution is 6.28. The monoisotopic (exact) mass is 242 g/mol. The van der Waals surface area contributed by atoms with Crippen molar-refractivity contribution in [2.45, 2.75) is 45.4 Å². The predicted octanol–water partition coefficient (Wildman–Crippen LogP) is 3.87. The summed E-state index contributed by atoms with van der Waals surface area (Å²) in [4.78, 5) is 7.70. The van der Waals surface area contributed by atoms with Crippen molar-refractivity contribution in [3.63, 3.8) is 0 Å². The van der Waals surface area contributed by atoms with E-state index >= 15 is 0 Å². The molecule has 0 spiro atoms. The van der Waals surface area contributed by atoms with Crippen molar-refractivity contribution in [1.29, 1.82) is 0 Å². The highest BCUT2D eigenvalue weighted by Gasteiger charge is 1.96. The molecule has 0 bridgehead atoms. The van der Waals surface area contributed by atoms with Gasteiger partial charge in [-0.2, -0.15) is 0 Å². The minimum absolute atomic E-state index is 0.256. The van der Waals surface area contributed by atoms with Crippen molar-refractivity contribution in [1.82, 2.24) is 9.97 Å². The van der Waals surface area contributed by atoms with Crippen LogP contribution in [0.5, 0.6) is 5.75 Å². The lowest BCUT2D eigenvalue weighted by Gasteiger charge is -2.04. The van der Waals surface area contributed by atoms with Crippen LogP contribution in [0.2, 0.25) is 5.28 Å². The van der Waals surface area contributed by atoms with E-state index in [-0.39, 0.29) is 5.28 Å². The molecule has 0 aliphatic rings. The quantitative estimate of drug-likeness (QED) is 0.513. The molecule has 0 aromatic carbocycles. The number of hydrogen-bond acceptors (Lipinski definition) is 3. The molecule has 0 aliphatic heterocycles. The molecular weight excluding hydrogens is 224 g/mol. The predicted molar refractivity (Wildman–Crippen MR) is 65.9 cm³/mol. The van der Waals surface area contributed by atoms with E-state index in [4.69, 9.17) is 16.3 Å². The van der Waals surface area contributed by atoms with E-state index in [9.17, 15) is 0 Å². The Hall–Kier alpha value is -0.830. The standard InChI is InChI=1S/C12H19ClN2O/c1-2-3-4-5-6-7-8-16-11-9-14-12(13)15-10-11/h9-10H,2-8H2,1H3. The summed E-state index contributed by atoms with van der Waals surface area (Å²) in [7, 11) is 0. The summed E-state index contributed by atoms with van der Waals surface area (Å²) in [5.74, 6) is 0.693. The van der Waals surface area contributed by atoms with E-state index < -0.39 is 0 Å². The van der Waals surface area contributed by atoms with Crippen LogP contribution in [0.25, 0.3) is 0 Å². The molecule has 1 heterocycles. The first-order valence-corrected chi connectivity index (χ1v) is 6.31. The van der Waals surface area contributed by atoms with Crippen LogP contribution in [-0.2, 0) is 0 Å². The highest BCUT2D eigenvalue weighted by Crippen LogP contribution is 2.10.